The summed E-state index contributed by atoms with van der Waals surface area (Å²) in [6.07, 6.45) is 4.32. The number of amides is 1. The molecule has 0 bridgehead atoms. The predicted molar refractivity (Wildman–Crippen MR) is 69.5 cm³/mol. The Morgan fingerprint density at radius 2 is 1.95 bits per heavy atom. The quantitative estimate of drug-likeness (QED) is 0.838. The second-order valence-electron chi connectivity index (χ2n) is 5.88. The van der Waals surface area contributed by atoms with E-state index in [0.29, 0.717) is 23.6 Å². The number of carbonyl (C=O) groups excluding carboxylic acids is 1. The first-order chi connectivity index (χ1) is 9.15. The molecule has 2 heterocycles. The van der Waals surface area contributed by atoms with Gasteiger partial charge in [0.1, 0.15) is 0 Å². The van der Waals surface area contributed by atoms with Crippen molar-refractivity contribution in [3.05, 3.63) is 11.8 Å². The summed E-state index contributed by atoms with van der Waals surface area (Å²) in [7, 11) is 0. The van der Waals surface area contributed by atoms with E-state index in [4.69, 9.17) is 4.42 Å². The van der Waals surface area contributed by atoms with Crippen LogP contribution in [0.25, 0.3) is 0 Å². The van der Waals surface area contributed by atoms with Gasteiger partial charge in [-0.25, -0.2) is 0 Å². The van der Waals surface area contributed by atoms with E-state index in [1.165, 1.54) is 12.8 Å². The second-order valence-corrected chi connectivity index (χ2v) is 5.88. The number of likely N-dealkylation sites (tertiary alicyclic amines) is 1. The van der Waals surface area contributed by atoms with E-state index in [0.717, 1.165) is 31.8 Å². The highest BCUT2D eigenvalue weighted by Gasteiger charge is 2.36. The van der Waals surface area contributed by atoms with Gasteiger partial charge in [-0.2, -0.15) is 0 Å². The Bertz CT molecular complexity index is 459. The monoisotopic (exact) mass is 263 g/mol. The summed E-state index contributed by atoms with van der Waals surface area (Å²) >= 11 is 0. The molecule has 0 spiro atoms. The molecule has 1 saturated heterocycles. The highest BCUT2D eigenvalue weighted by Crippen LogP contribution is 2.38. The Labute approximate surface area is 113 Å². The van der Waals surface area contributed by atoms with Crippen molar-refractivity contribution in [2.75, 3.05) is 13.1 Å². The number of carbonyl (C=O) groups is 1. The Balaban J connectivity index is 1.55. The Hall–Kier alpha value is -1.39. The SMILES string of the molecule is Cc1nnc(C2CCN(C(=O)C(C)C3CC3)CC2)o1. The average molecular weight is 263 g/mol. The maximum absolute atomic E-state index is 12.3. The van der Waals surface area contributed by atoms with Crippen molar-refractivity contribution in [3.63, 3.8) is 0 Å². The van der Waals surface area contributed by atoms with Gasteiger partial charge in [0.15, 0.2) is 0 Å². The number of hydrogen-bond donors (Lipinski definition) is 0. The first kappa shape index (κ1) is 12.6. The molecular weight excluding hydrogens is 242 g/mol. The molecule has 1 saturated carbocycles. The smallest absolute Gasteiger partial charge is 0.225 e. The first-order valence-electron chi connectivity index (χ1n) is 7.24. The van der Waals surface area contributed by atoms with Crippen LogP contribution in [-0.2, 0) is 4.79 Å². The van der Waals surface area contributed by atoms with Crippen LogP contribution in [0, 0.1) is 18.8 Å². The van der Waals surface area contributed by atoms with Crippen molar-refractivity contribution in [3.8, 4) is 0 Å². The predicted octanol–water partition coefficient (Wildman–Crippen LogP) is 2.13. The average Bonchev–Trinajstić information content (AvgIpc) is 3.19. The van der Waals surface area contributed by atoms with Crippen molar-refractivity contribution in [1.29, 1.82) is 0 Å². The lowest BCUT2D eigenvalue weighted by molar-refractivity contribution is -0.136. The zero-order valence-electron chi connectivity index (χ0n) is 11.6. The first-order valence-corrected chi connectivity index (χ1v) is 7.24. The zero-order valence-corrected chi connectivity index (χ0v) is 11.6. The zero-order chi connectivity index (χ0) is 13.4. The number of aryl methyl sites for hydroxylation is 1. The fourth-order valence-corrected chi connectivity index (χ4v) is 2.91. The van der Waals surface area contributed by atoms with E-state index >= 15 is 0 Å². The van der Waals surface area contributed by atoms with Gasteiger partial charge in [0.05, 0.1) is 0 Å². The van der Waals surface area contributed by atoms with Crippen molar-refractivity contribution in [2.45, 2.75) is 45.4 Å². The summed E-state index contributed by atoms with van der Waals surface area (Å²) in [5, 5.41) is 7.97. The van der Waals surface area contributed by atoms with Crippen LogP contribution < -0.4 is 0 Å². The standard InChI is InChI=1S/C14H21N3O2/c1-9(11-3-4-11)14(18)17-7-5-12(6-8-17)13-16-15-10(2)19-13/h9,11-12H,3-8H2,1-2H3. The van der Waals surface area contributed by atoms with Crippen LogP contribution >= 0.6 is 0 Å². The molecule has 19 heavy (non-hydrogen) atoms. The van der Waals surface area contributed by atoms with Crippen LogP contribution in [0.15, 0.2) is 4.42 Å². The van der Waals surface area contributed by atoms with Gasteiger partial charge in [-0.3, -0.25) is 4.79 Å². The topological polar surface area (TPSA) is 59.2 Å². The maximum atomic E-state index is 12.3. The second kappa shape index (κ2) is 4.94. The molecular formula is C14H21N3O2. The molecule has 1 aliphatic heterocycles. The minimum absolute atomic E-state index is 0.210. The third-order valence-electron chi connectivity index (χ3n) is 4.42. The van der Waals surface area contributed by atoms with Crippen LogP contribution in [0.5, 0.6) is 0 Å². The molecule has 0 radical (unpaired) electrons. The normalized spacial score (nSPS) is 22.5. The van der Waals surface area contributed by atoms with Gasteiger partial charge < -0.3 is 9.32 Å². The minimum Gasteiger partial charge on any atom is -0.425 e. The van der Waals surface area contributed by atoms with E-state index < -0.39 is 0 Å². The van der Waals surface area contributed by atoms with E-state index in [9.17, 15) is 4.79 Å². The van der Waals surface area contributed by atoms with Crippen molar-refractivity contribution >= 4 is 5.91 Å². The molecule has 1 atom stereocenters. The van der Waals surface area contributed by atoms with Crippen molar-refractivity contribution in [2.24, 2.45) is 11.8 Å². The lowest BCUT2D eigenvalue weighted by atomic mass is 9.95. The van der Waals surface area contributed by atoms with Crippen LogP contribution in [0.3, 0.4) is 0 Å². The largest absolute Gasteiger partial charge is 0.425 e. The molecule has 2 fully saturated rings. The highest BCUT2D eigenvalue weighted by atomic mass is 16.4. The van der Waals surface area contributed by atoms with E-state index in [1.54, 1.807) is 0 Å². The Kier molecular flexibility index (Phi) is 3.29. The van der Waals surface area contributed by atoms with Crippen LogP contribution in [0.4, 0.5) is 0 Å². The number of aromatic nitrogens is 2. The van der Waals surface area contributed by atoms with Gasteiger partial charge >= 0.3 is 0 Å². The van der Waals surface area contributed by atoms with E-state index in [1.807, 2.05) is 11.8 Å². The lowest BCUT2D eigenvalue weighted by Gasteiger charge is -2.32. The Morgan fingerprint density at radius 1 is 1.26 bits per heavy atom. The van der Waals surface area contributed by atoms with E-state index in [2.05, 4.69) is 17.1 Å². The van der Waals surface area contributed by atoms with Crippen molar-refractivity contribution < 1.29 is 9.21 Å². The molecule has 1 aromatic rings. The summed E-state index contributed by atoms with van der Waals surface area (Å²) in [6.45, 7) is 5.53. The highest BCUT2D eigenvalue weighted by molar-refractivity contribution is 5.79. The number of hydrogen-bond acceptors (Lipinski definition) is 4. The molecule has 1 unspecified atom stereocenters. The third-order valence-corrected chi connectivity index (χ3v) is 4.42. The molecule has 1 amide bonds. The molecule has 3 rings (SSSR count). The number of rotatable bonds is 3. The Morgan fingerprint density at radius 3 is 2.47 bits per heavy atom. The lowest BCUT2D eigenvalue weighted by Crippen LogP contribution is -2.41. The van der Waals surface area contributed by atoms with Crippen molar-refractivity contribution in [1.82, 2.24) is 15.1 Å². The fraction of sp³-hybridized carbons (Fsp3) is 0.786. The molecule has 0 aromatic carbocycles. The fourth-order valence-electron chi connectivity index (χ4n) is 2.91. The number of piperidine rings is 1. The summed E-state index contributed by atoms with van der Waals surface area (Å²) in [5.41, 5.74) is 0. The van der Waals surface area contributed by atoms with E-state index in [-0.39, 0.29) is 5.92 Å². The molecule has 1 aliphatic carbocycles. The molecule has 1 aromatic heterocycles. The third kappa shape index (κ3) is 2.65. The van der Waals surface area contributed by atoms with Gasteiger partial charge in [-0.05, 0) is 31.6 Å². The van der Waals surface area contributed by atoms with Crippen LogP contribution in [0.1, 0.15) is 50.3 Å². The summed E-state index contributed by atoms with van der Waals surface area (Å²) in [4.78, 5) is 14.3. The number of nitrogens with zero attached hydrogens (tertiary/aromatic N) is 3. The van der Waals surface area contributed by atoms with Gasteiger partial charge in [-0.1, -0.05) is 6.92 Å². The molecule has 2 aliphatic rings. The van der Waals surface area contributed by atoms with Gasteiger partial charge in [0, 0.05) is 31.8 Å². The summed E-state index contributed by atoms with van der Waals surface area (Å²) in [6, 6.07) is 0. The summed E-state index contributed by atoms with van der Waals surface area (Å²) < 4.78 is 5.49. The molecule has 0 N–H and O–H groups in total. The minimum atomic E-state index is 0.210. The molecule has 5 heteroatoms. The van der Waals surface area contributed by atoms with Gasteiger partial charge in [0.25, 0.3) is 0 Å². The molecule has 104 valence electrons. The maximum Gasteiger partial charge on any atom is 0.225 e. The van der Waals surface area contributed by atoms with Gasteiger partial charge in [0.2, 0.25) is 17.7 Å². The summed E-state index contributed by atoms with van der Waals surface area (Å²) in [5.74, 6) is 2.87. The van der Waals surface area contributed by atoms with Gasteiger partial charge in [-0.15, -0.1) is 10.2 Å². The molecule has 5 nitrogen and oxygen atoms in total. The van der Waals surface area contributed by atoms with Crippen LogP contribution in [-0.4, -0.2) is 34.1 Å². The van der Waals surface area contributed by atoms with Crippen LogP contribution in [0.2, 0.25) is 0 Å².